The SMILES string of the molecule is COCCCNC(=O)c1csc(CN(CCCOC)C(=O)c2ccc([N+](=O)[O-])cc2Cl)n1. The van der Waals surface area contributed by atoms with Crippen molar-refractivity contribution in [2.24, 2.45) is 0 Å². The molecule has 0 radical (unpaired) electrons. The predicted octanol–water partition coefficient (Wildman–Crippen LogP) is 3.15. The number of ether oxygens (including phenoxy) is 2. The van der Waals surface area contributed by atoms with Crippen molar-refractivity contribution in [2.75, 3.05) is 40.5 Å². The fraction of sp³-hybridized carbons (Fsp3) is 0.450. The number of aromatic nitrogens is 1. The Balaban J connectivity index is 2.12. The normalized spacial score (nSPS) is 10.7. The lowest BCUT2D eigenvalue weighted by atomic mass is 10.1. The van der Waals surface area contributed by atoms with E-state index < -0.39 is 4.92 Å². The second-order valence-electron chi connectivity index (χ2n) is 6.72. The van der Waals surface area contributed by atoms with Gasteiger partial charge in [0.1, 0.15) is 10.7 Å². The molecular weight excluding hydrogens is 460 g/mol. The molecule has 0 fully saturated rings. The molecule has 2 rings (SSSR count). The third-order valence-electron chi connectivity index (χ3n) is 4.38. The lowest BCUT2D eigenvalue weighted by Crippen LogP contribution is -2.32. The summed E-state index contributed by atoms with van der Waals surface area (Å²) in [4.78, 5) is 41.6. The van der Waals surface area contributed by atoms with Crippen molar-refractivity contribution in [3.63, 3.8) is 0 Å². The van der Waals surface area contributed by atoms with Crippen LogP contribution in [-0.4, -0.2) is 67.1 Å². The van der Waals surface area contributed by atoms with Gasteiger partial charge in [-0.2, -0.15) is 0 Å². The summed E-state index contributed by atoms with van der Waals surface area (Å²) in [6.45, 7) is 1.99. The second-order valence-corrected chi connectivity index (χ2v) is 8.07. The summed E-state index contributed by atoms with van der Waals surface area (Å²) in [5, 5.41) is 15.9. The van der Waals surface area contributed by atoms with E-state index in [0.29, 0.717) is 44.2 Å². The molecule has 0 aliphatic rings. The smallest absolute Gasteiger partial charge is 0.270 e. The summed E-state index contributed by atoms with van der Waals surface area (Å²) in [6.07, 6.45) is 1.27. The quantitative estimate of drug-likeness (QED) is 0.263. The summed E-state index contributed by atoms with van der Waals surface area (Å²) in [6, 6.07) is 3.73. The number of rotatable bonds is 13. The van der Waals surface area contributed by atoms with Crippen molar-refractivity contribution in [1.82, 2.24) is 15.2 Å². The number of nitro benzene ring substituents is 1. The number of nitro groups is 1. The minimum atomic E-state index is -0.575. The maximum atomic E-state index is 13.1. The van der Waals surface area contributed by atoms with Gasteiger partial charge in [0.15, 0.2) is 0 Å². The average molecular weight is 485 g/mol. The number of methoxy groups -OCH3 is 2. The monoisotopic (exact) mass is 484 g/mol. The van der Waals surface area contributed by atoms with Crippen molar-refractivity contribution in [1.29, 1.82) is 0 Å². The molecule has 0 spiro atoms. The second kappa shape index (κ2) is 13.1. The zero-order valence-corrected chi connectivity index (χ0v) is 19.4. The Morgan fingerprint density at radius 1 is 1.25 bits per heavy atom. The van der Waals surface area contributed by atoms with Gasteiger partial charge in [0.25, 0.3) is 17.5 Å². The minimum absolute atomic E-state index is 0.00351. The average Bonchev–Trinajstić information content (AvgIpc) is 3.24. The molecule has 0 aliphatic carbocycles. The number of hydrogen-bond donors (Lipinski definition) is 1. The number of carbonyl (C=O) groups is 2. The van der Waals surface area contributed by atoms with Gasteiger partial charge in [0.05, 0.1) is 22.1 Å². The first-order chi connectivity index (χ1) is 15.4. The number of carbonyl (C=O) groups excluding carboxylic acids is 2. The Kier molecular flexibility index (Phi) is 10.5. The topological polar surface area (TPSA) is 124 Å². The highest BCUT2D eigenvalue weighted by molar-refractivity contribution is 7.09. The highest BCUT2D eigenvalue weighted by Gasteiger charge is 2.22. The first-order valence-electron chi connectivity index (χ1n) is 9.81. The van der Waals surface area contributed by atoms with Gasteiger partial charge >= 0.3 is 0 Å². The van der Waals surface area contributed by atoms with Crippen LogP contribution in [0.15, 0.2) is 23.6 Å². The molecule has 0 bridgehead atoms. The van der Waals surface area contributed by atoms with Crippen LogP contribution in [0.1, 0.15) is 38.7 Å². The molecule has 0 aliphatic heterocycles. The van der Waals surface area contributed by atoms with Gasteiger partial charge in [-0.05, 0) is 18.9 Å². The Morgan fingerprint density at radius 3 is 2.62 bits per heavy atom. The van der Waals surface area contributed by atoms with Crippen LogP contribution in [0.25, 0.3) is 0 Å². The number of benzene rings is 1. The van der Waals surface area contributed by atoms with Crippen molar-refractivity contribution < 1.29 is 24.0 Å². The van der Waals surface area contributed by atoms with E-state index in [1.165, 1.54) is 28.4 Å². The molecular formula is C20H25ClN4O6S. The van der Waals surface area contributed by atoms with Crippen molar-refractivity contribution >= 4 is 40.4 Å². The van der Waals surface area contributed by atoms with E-state index in [2.05, 4.69) is 10.3 Å². The number of nitrogens with one attached hydrogen (secondary N) is 1. The van der Waals surface area contributed by atoms with Crippen LogP contribution in [0.5, 0.6) is 0 Å². The van der Waals surface area contributed by atoms with Crippen LogP contribution in [0.3, 0.4) is 0 Å². The standard InChI is InChI=1S/C20H25ClN4O6S/c1-30-9-3-7-22-19(26)17-13-32-18(23-17)12-24(8-4-10-31-2)20(27)15-6-5-14(25(28)29)11-16(15)21/h5-6,11,13H,3-4,7-10,12H2,1-2H3,(H,22,26). The number of non-ortho nitro benzene ring substituents is 1. The highest BCUT2D eigenvalue weighted by atomic mass is 35.5. The number of halogens is 1. The predicted molar refractivity (Wildman–Crippen MR) is 120 cm³/mol. The number of thiazole rings is 1. The van der Waals surface area contributed by atoms with Gasteiger partial charge in [-0.15, -0.1) is 11.3 Å². The number of hydrogen-bond acceptors (Lipinski definition) is 8. The molecule has 2 aromatic rings. The zero-order chi connectivity index (χ0) is 23.5. The first-order valence-corrected chi connectivity index (χ1v) is 11.1. The Hall–Kier alpha value is -2.60. The van der Waals surface area contributed by atoms with Crippen LogP contribution < -0.4 is 5.32 Å². The van der Waals surface area contributed by atoms with Gasteiger partial charge in [0.2, 0.25) is 0 Å². The van der Waals surface area contributed by atoms with Gasteiger partial charge in [-0.25, -0.2) is 4.98 Å². The zero-order valence-electron chi connectivity index (χ0n) is 17.8. The molecule has 2 amide bonds. The third-order valence-corrected chi connectivity index (χ3v) is 5.53. The minimum Gasteiger partial charge on any atom is -0.385 e. The first kappa shape index (κ1) is 25.7. The number of amides is 2. The molecule has 0 unspecified atom stereocenters. The summed E-state index contributed by atoms with van der Waals surface area (Å²) >= 11 is 7.41. The fourth-order valence-electron chi connectivity index (χ4n) is 2.77. The van der Waals surface area contributed by atoms with Gasteiger partial charge in [-0.3, -0.25) is 19.7 Å². The highest BCUT2D eigenvalue weighted by Crippen LogP contribution is 2.25. The molecule has 1 aromatic carbocycles. The molecule has 0 saturated carbocycles. The fourth-order valence-corrected chi connectivity index (χ4v) is 3.82. The van der Waals surface area contributed by atoms with E-state index in [4.69, 9.17) is 21.1 Å². The maximum absolute atomic E-state index is 13.1. The molecule has 174 valence electrons. The van der Waals surface area contributed by atoms with Crippen LogP contribution in [-0.2, 0) is 16.0 Å². The summed E-state index contributed by atoms with van der Waals surface area (Å²) in [5.74, 6) is -0.680. The van der Waals surface area contributed by atoms with Crippen LogP contribution >= 0.6 is 22.9 Å². The lowest BCUT2D eigenvalue weighted by Gasteiger charge is -2.22. The Labute approximate surface area is 194 Å². The van der Waals surface area contributed by atoms with E-state index in [1.54, 1.807) is 19.6 Å². The molecule has 0 atom stereocenters. The van der Waals surface area contributed by atoms with E-state index in [1.807, 2.05) is 0 Å². The van der Waals surface area contributed by atoms with Crippen LogP contribution in [0.4, 0.5) is 5.69 Å². The van der Waals surface area contributed by atoms with Crippen molar-refractivity contribution in [2.45, 2.75) is 19.4 Å². The van der Waals surface area contributed by atoms with E-state index in [-0.39, 0.29) is 40.3 Å². The molecule has 1 heterocycles. The summed E-state index contributed by atoms with van der Waals surface area (Å²) in [5.41, 5.74) is 0.237. The van der Waals surface area contributed by atoms with Gasteiger partial charge in [-0.1, -0.05) is 11.6 Å². The van der Waals surface area contributed by atoms with Crippen LogP contribution in [0, 0.1) is 10.1 Å². The molecule has 10 nitrogen and oxygen atoms in total. The summed E-state index contributed by atoms with van der Waals surface area (Å²) in [7, 11) is 3.16. The van der Waals surface area contributed by atoms with Crippen molar-refractivity contribution in [3.8, 4) is 0 Å². The maximum Gasteiger partial charge on any atom is 0.270 e. The summed E-state index contributed by atoms with van der Waals surface area (Å²) < 4.78 is 10.0. The molecule has 12 heteroatoms. The van der Waals surface area contributed by atoms with E-state index >= 15 is 0 Å². The molecule has 1 N–H and O–H groups in total. The Bertz CT molecular complexity index is 939. The van der Waals surface area contributed by atoms with Crippen LogP contribution in [0.2, 0.25) is 5.02 Å². The number of nitrogens with zero attached hydrogens (tertiary/aromatic N) is 3. The lowest BCUT2D eigenvalue weighted by molar-refractivity contribution is -0.384. The third kappa shape index (κ3) is 7.52. The molecule has 1 aromatic heterocycles. The molecule has 32 heavy (non-hydrogen) atoms. The van der Waals surface area contributed by atoms with E-state index in [9.17, 15) is 19.7 Å². The largest absolute Gasteiger partial charge is 0.385 e. The molecule has 0 saturated heterocycles. The Morgan fingerprint density at radius 2 is 1.97 bits per heavy atom. The van der Waals surface area contributed by atoms with Crippen molar-refractivity contribution in [3.05, 3.63) is 55.0 Å². The van der Waals surface area contributed by atoms with Gasteiger partial charge < -0.3 is 19.7 Å². The van der Waals surface area contributed by atoms with E-state index in [0.717, 1.165) is 6.07 Å². The van der Waals surface area contributed by atoms with Gasteiger partial charge in [0, 0.05) is 58.0 Å².